The molecule has 1 aliphatic rings. The zero-order valence-corrected chi connectivity index (χ0v) is 13.1. The second-order valence-electron chi connectivity index (χ2n) is 5.89. The van der Waals surface area contributed by atoms with E-state index in [0.717, 1.165) is 25.3 Å². The maximum absolute atomic E-state index is 5.60. The number of nitrogens with zero attached hydrogens (tertiary/aromatic N) is 5. The van der Waals surface area contributed by atoms with Gasteiger partial charge in [0.05, 0.1) is 6.54 Å². The third kappa shape index (κ3) is 3.41. The third-order valence-electron chi connectivity index (χ3n) is 3.86. The standard InChI is InChI=1S/C15H22N6O/c1-11(2)15-20-19-14(22-15)10-16-9-12-5-4-8-21(12)13-6-3-7-17-18-13/h3,6-7,11-12,16H,4-5,8-10H2,1-2H3. The van der Waals surface area contributed by atoms with Gasteiger partial charge in [0.25, 0.3) is 0 Å². The topological polar surface area (TPSA) is 80.0 Å². The Hall–Kier alpha value is -2.02. The van der Waals surface area contributed by atoms with E-state index >= 15 is 0 Å². The summed E-state index contributed by atoms with van der Waals surface area (Å²) in [4.78, 5) is 2.31. The quantitative estimate of drug-likeness (QED) is 0.870. The minimum Gasteiger partial charge on any atom is -0.424 e. The van der Waals surface area contributed by atoms with Crippen molar-refractivity contribution >= 4 is 5.82 Å². The number of aromatic nitrogens is 4. The molecule has 3 rings (SSSR count). The van der Waals surface area contributed by atoms with Crippen LogP contribution in [0.5, 0.6) is 0 Å². The van der Waals surface area contributed by atoms with Crippen LogP contribution >= 0.6 is 0 Å². The molecular formula is C15H22N6O. The summed E-state index contributed by atoms with van der Waals surface area (Å²) in [6.07, 6.45) is 4.04. The Morgan fingerprint density at radius 1 is 1.36 bits per heavy atom. The third-order valence-corrected chi connectivity index (χ3v) is 3.86. The van der Waals surface area contributed by atoms with E-state index in [9.17, 15) is 0 Å². The molecule has 2 aromatic rings. The molecular weight excluding hydrogens is 280 g/mol. The average molecular weight is 302 g/mol. The van der Waals surface area contributed by atoms with Crippen LogP contribution in [0.1, 0.15) is 44.4 Å². The van der Waals surface area contributed by atoms with Gasteiger partial charge in [-0.05, 0) is 25.0 Å². The van der Waals surface area contributed by atoms with Crippen LogP contribution in [0.2, 0.25) is 0 Å². The van der Waals surface area contributed by atoms with Crippen molar-refractivity contribution in [1.82, 2.24) is 25.7 Å². The van der Waals surface area contributed by atoms with Gasteiger partial charge in [0, 0.05) is 31.2 Å². The van der Waals surface area contributed by atoms with E-state index in [1.165, 1.54) is 6.42 Å². The van der Waals surface area contributed by atoms with E-state index in [2.05, 4.69) is 30.6 Å². The van der Waals surface area contributed by atoms with Gasteiger partial charge >= 0.3 is 0 Å². The summed E-state index contributed by atoms with van der Waals surface area (Å²) in [5.74, 6) is 2.56. The maximum Gasteiger partial charge on any atom is 0.230 e. The maximum atomic E-state index is 5.60. The average Bonchev–Trinajstić information content (AvgIpc) is 3.17. The summed E-state index contributed by atoms with van der Waals surface area (Å²) >= 11 is 0. The van der Waals surface area contributed by atoms with Gasteiger partial charge in [-0.3, -0.25) is 0 Å². The van der Waals surface area contributed by atoms with Crippen LogP contribution in [-0.4, -0.2) is 39.5 Å². The molecule has 1 saturated heterocycles. The fraction of sp³-hybridized carbons (Fsp3) is 0.600. The summed E-state index contributed by atoms with van der Waals surface area (Å²) in [6, 6.07) is 4.37. The summed E-state index contributed by atoms with van der Waals surface area (Å²) in [5, 5.41) is 19.7. The molecule has 0 radical (unpaired) electrons. The molecule has 118 valence electrons. The molecule has 0 bridgehead atoms. The summed E-state index contributed by atoms with van der Waals surface area (Å²) < 4.78 is 5.60. The van der Waals surface area contributed by atoms with Gasteiger partial charge in [-0.2, -0.15) is 5.10 Å². The highest BCUT2D eigenvalue weighted by Gasteiger charge is 2.25. The van der Waals surface area contributed by atoms with E-state index in [1.807, 2.05) is 26.0 Å². The Labute approximate surface area is 130 Å². The van der Waals surface area contributed by atoms with Gasteiger partial charge in [-0.25, -0.2) is 0 Å². The lowest BCUT2D eigenvalue weighted by atomic mass is 10.2. The van der Waals surface area contributed by atoms with E-state index in [-0.39, 0.29) is 5.92 Å². The smallest absolute Gasteiger partial charge is 0.230 e. The van der Waals surface area contributed by atoms with Crippen LogP contribution in [0, 0.1) is 0 Å². The first-order valence-electron chi connectivity index (χ1n) is 7.81. The number of rotatable bonds is 6. The Morgan fingerprint density at radius 2 is 2.27 bits per heavy atom. The Kier molecular flexibility index (Phi) is 4.62. The molecule has 2 aromatic heterocycles. The number of hydrogen-bond donors (Lipinski definition) is 1. The number of nitrogens with one attached hydrogen (secondary N) is 1. The lowest BCUT2D eigenvalue weighted by molar-refractivity contribution is 0.413. The number of anilines is 1. The molecule has 1 N–H and O–H groups in total. The Balaban J connectivity index is 1.52. The highest BCUT2D eigenvalue weighted by molar-refractivity contribution is 5.39. The molecule has 1 atom stereocenters. The van der Waals surface area contributed by atoms with Crippen molar-refractivity contribution in [2.75, 3.05) is 18.0 Å². The van der Waals surface area contributed by atoms with Crippen molar-refractivity contribution in [2.24, 2.45) is 0 Å². The zero-order chi connectivity index (χ0) is 15.4. The molecule has 0 aliphatic carbocycles. The van der Waals surface area contributed by atoms with Crippen molar-refractivity contribution in [2.45, 2.75) is 45.2 Å². The van der Waals surface area contributed by atoms with Crippen molar-refractivity contribution < 1.29 is 4.42 Å². The van der Waals surface area contributed by atoms with Crippen LogP contribution in [0.15, 0.2) is 22.7 Å². The number of hydrogen-bond acceptors (Lipinski definition) is 7. The molecule has 3 heterocycles. The van der Waals surface area contributed by atoms with Gasteiger partial charge in [-0.15, -0.1) is 15.3 Å². The van der Waals surface area contributed by atoms with Crippen molar-refractivity contribution in [3.05, 3.63) is 30.1 Å². The normalized spacial score (nSPS) is 18.3. The van der Waals surface area contributed by atoms with E-state index in [4.69, 9.17) is 4.42 Å². The lowest BCUT2D eigenvalue weighted by Crippen LogP contribution is -2.38. The fourth-order valence-corrected chi connectivity index (χ4v) is 2.71. The highest BCUT2D eigenvalue weighted by Crippen LogP contribution is 2.22. The first-order valence-corrected chi connectivity index (χ1v) is 7.81. The van der Waals surface area contributed by atoms with Crippen molar-refractivity contribution in [3.8, 4) is 0 Å². The second-order valence-corrected chi connectivity index (χ2v) is 5.89. The first kappa shape index (κ1) is 14.9. The minimum atomic E-state index is 0.267. The molecule has 1 aliphatic heterocycles. The largest absolute Gasteiger partial charge is 0.424 e. The molecule has 0 aromatic carbocycles. The van der Waals surface area contributed by atoms with Gasteiger partial charge in [0.2, 0.25) is 11.8 Å². The van der Waals surface area contributed by atoms with Crippen LogP contribution in [0.25, 0.3) is 0 Å². The predicted molar refractivity (Wildman–Crippen MR) is 82.5 cm³/mol. The van der Waals surface area contributed by atoms with Crippen LogP contribution in [0.3, 0.4) is 0 Å². The Morgan fingerprint density at radius 3 is 3.00 bits per heavy atom. The molecule has 7 heteroatoms. The van der Waals surface area contributed by atoms with Crippen molar-refractivity contribution in [1.29, 1.82) is 0 Å². The Bertz CT molecular complexity index is 585. The van der Waals surface area contributed by atoms with Crippen LogP contribution < -0.4 is 10.2 Å². The highest BCUT2D eigenvalue weighted by atomic mass is 16.4. The molecule has 0 saturated carbocycles. The SMILES string of the molecule is CC(C)c1nnc(CNCC2CCCN2c2cccnn2)o1. The minimum absolute atomic E-state index is 0.267. The van der Waals surface area contributed by atoms with Crippen molar-refractivity contribution in [3.63, 3.8) is 0 Å². The molecule has 1 fully saturated rings. The molecule has 7 nitrogen and oxygen atoms in total. The van der Waals surface area contributed by atoms with Gasteiger partial charge in [0.15, 0.2) is 5.82 Å². The van der Waals surface area contributed by atoms with Crippen LogP contribution in [0.4, 0.5) is 5.82 Å². The monoisotopic (exact) mass is 302 g/mol. The first-order chi connectivity index (χ1) is 10.7. The van der Waals surface area contributed by atoms with Gasteiger partial charge < -0.3 is 14.6 Å². The van der Waals surface area contributed by atoms with Gasteiger partial charge in [0.1, 0.15) is 0 Å². The van der Waals surface area contributed by atoms with E-state index in [1.54, 1.807) is 6.20 Å². The molecule has 0 spiro atoms. The summed E-state index contributed by atoms with van der Waals surface area (Å²) in [7, 11) is 0. The molecule has 22 heavy (non-hydrogen) atoms. The lowest BCUT2D eigenvalue weighted by Gasteiger charge is -2.25. The predicted octanol–water partition coefficient (Wildman–Crippen LogP) is 1.74. The zero-order valence-electron chi connectivity index (χ0n) is 13.1. The van der Waals surface area contributed by atoms with Gasteiger partial charge in [-0.1, -0.05) is 13.8 Å². The van der Waals surface area contributed by atoms with Crippen LogP contribution in [-0.2, 0) is 6.54 Å². The summed E-state index contributed by atoms with van der Waals surface area (Å²) in [5.41, 5.74) is 0. The second kappa shape index (κ2) is 6.83. The fourth-order valence-electron chi connectivity index (χ4n) is 2.71. The molecule has 1 unspecified atom stereocenters. The van der Waals surface area contributed by atoms with E-state index < -0.39 is 0 Å². The molecule has 0 amide bonds. The van der Waals surface area contributed by atoms with E-state index in [0.29, 0.717) is 24.4 Å². The summed E-state index contributed by atoms with van der Waals surface area (Å²) in [6.45, 7) is 6.59.